The molecule has 8 nitrogen and oxygen atoms in total. The lowest BCUT2D eigenvalue weighted by Crippen LogP contribution is -2.50. The second-order valence-corrected chi connectivity index (χ2v) is 6.82. The van der Waals surface area contributed by atoms with E-state index in [0.29, 0.717) is 19.1 Å². The highest BCUT2D eigenvalue weighted by molar-refractivity contribution is 5.80. The summed E-state index contributed by atoms with van der Waals surface area (Å²) in [5.41, 5.74) is 0.952. The summed E-state index contributed by atoms with van der Waals surface area (Å²) >= 11 is 0. The Morgan fingerprint density at radius 2 is 2.12 bits per heavy atom. The molecule has 0 aliphatic carbocycles. The molecule has 1 aliphatic heterocycles. The first-order chi connectivity index (χ1) is 12.5. The van der Waals surface area contributed by atoms with Crippen molar-refractivity contribution in [2.45, 2.75) is 45.7 Å². The molecular formula is C18H32N6O2. The molecule has 1 aromatic rings. The van der Waals surface area contributed by atoms with Crippen molar-refractivity contribution in [1.82, 2.24) is 25.6 Å². The molecule has 1 fully saturated rings. The molecule has 26 heavy (non-hydrogen) atoms. The molecule has 1 aromatic heterocycles. The van der Waals surface area contributed by atoms with Gasteiger partial charge in [-0.05, 0) is 26.2 Å². The van der Waals surface area contributed by atoms with E-state index in [4.69, 9.17) is 4.52 Å². The molecule has 0 atom stereocenters. The van der Waals surface area contributed by atoms with E-state index >= 15 is 0 Å². The van der Waals surface area contributed by atoms with Crippen molar-refractivity contribution < 1.29 is 9.32 Å². The smallest absolute Gasteiger partial charge is 0.236 e. The first kappa shape index (κ1) is 20.2. The van der Waals surface area contributed by atoms with E-state index in [1.165, 1.54) is 0 Å². The summed E-state index contributed by atoms with van der Waals surface area (Å²) in [4.78, 5) is 20.3. The van der Waals surface area contributed by atoms with Gasteiger partial charge in [-0.1, -0.05) is 12.1 Å². The summed E-state index contributed by atoms with van der Waals surface area (Å²) < 4.78 is 5.29. The third-order valence-corrected chi connectivity index (χ3v) is 4.49. The van der Waals surface area contributed by atoms with Gasteiger partial charge >= 0.3 is 0 Å². The van der Waals surface area contributed by atoms with Crippen LogP contribution < -0.4 is 10.6 Å². The van der Waals surface area contributed by atoms with Crippen LogP contribution in [0.15, 0.2) is 15.6 Å². The highest BCUT2D eigenvalue weighted by Gasteiger charge is 2.22. The van der Waals surface area contributed by atoms with Crippen molar-refractivity contribution in [3.05, 3.63) is 17.5 Å². The minimum atomic E-state index is 0.157. The van der Waals surface area contributed by atoms with Crippen LogP contribution in [0.5, 0.6) is 0 Å². The Morgan fingerprint density at radius 1 is 1.38 bits per heavy atom. The molecule has 8 heteroatoms. The van der Waals surface area contributed by atoms with Crippen molar-refractivity contribution in [3.63, 3.8) is 0 Å². The predicted octanol–water partition coefficient (Wildman–Crippen LogP) is 0.845. The number of carbonyl (C=O) groups is 1. The zero-order chi connectivity index (χ0) is 18.9. The number of aryl methyl sites for hydroxylation is 1. The van der Waals surface area contributed by atoms with Crippen LogP contribution in [0.4, 0.5) is 0 Å². The Kier molecular flexibility index (Phi) is 7.90. The molecule has 0 aromatic carbocycles. The van der Waals surface area contributed by atoms with Crippen LogP contribution >= 0.6 is 0 Å². The Morgan fingerprint density at radius 3 is 2.69 bits per heavy atom. The van der Waals surface area contributed by atoms with E-state index in [9.17, 15) is 4.79 Å². The number of aromatic nitrogens is 1. The quantitative estimate of drug-likeness (QED) is 0.551. The van der Waals surface area contributed by atoms with Gasteiger partial charge < -0.3 is 20.1 Å². The number of amides is 1. The van der Waals surface area contributed by atoms with Gasteiger partial charge in [-0.25, -0.2) is 4.99 Å². The molecule has 0 bridgehead atoms. The van der Waals surface area contributed by atoms with E-state index < -0.39 is 0 Å². The average molecular weight is 364 g/mol. The second kappa shape index (κ2) is 10.2. The van der Waals surface area contributed by atoms with Crippen molar-refractivity contribution >= 4 is 11.9 Å². The molecule has 1 aliphatic rings. The van der Waals surface area contributed by atoms with Crippen LogP contribution in [0.25, 0.3) is 0 Å². The largest absolute Gasteiger partial charge is 0.359 e. The Labute approximate surface area is 156 Å². The van der Waals surface area contributed by atoms with Gasteiger partial charge in [-0.2, -0.15) is 0 Å². The first-order valence-electron chi connectivity index (χ1n) is 9.43. The van der Waals surface area contributed by atoms with Gasteiger partial charge in [0.2, 0.25) is 5.91 Å². The number of hydrogen-bond donors (Lipinski definition) is 2. The molecule has 0 saturated carbocycles. The lowest BCUT2D eigenvalue weighted by molar-refractivity contribution is -0.130. The summed E-state index contributed by atoms with van der Waals surface area (Å²) in [6, 6.07) is 2.31. The molecule has 2 rings (SSSR count). The normalized spacial score (nSPS) is 16.5. The molecule has 0 spiro atoms. The fraction of sp³-hybridized carbons (Fsp3) is 0.722. The minimum absolute atomic E-state index is 0.157. The van der Waals surface area contributed by atoms with E-state index in [0.717, 1.165) is 56.3 Å². The number of nitrogens with one attached hydrogen (secondary N) is 2. The maximum Gasteiger partial charge on any atom is 0.236 e. The minimum Gasteiger partial charge on any atom is -0.359 e. The van der Waals surface area contributed by atoms with Crippen LogP contribution in [-0.2, 0) is 17.8 Å². The molecule has 0 radical (unpaired) electrons. The summed E-state index contributed by atoms with van der Waals surface area (Å²) in [6.45, 7) is 7.71. The van der Waals surface area contributed by atoms with Gasteiger partial charge in [0.1, 0.15) is 6.54 Å². The predicted molar refractivity (Wildman–Crippen MR) is 102 cm³/mol. The number of nitrogens with zero attached hydrogens (tertiary/aromatic N) is 4. The molecule has 1 saturated heterocycles. The van der Waals surface area contributed by atoms with E-state index in [2.05, 4.69) is 39.5 Å². The highest BCUT2D eigenvalue weighted by atomic mass is 16.5. The maximum absolute atomic E-state index is 11.8. The van der Waals surface area contributed by atoms with Crippen LogP contribution in [0.1, 0.15) is 38.1 Å². The van der Waals surface area contributed by atoms with Crippen molar-refractivity contribution in [3.8, 4) is 0 Å². The van der Waals surface area contributed by atoms with Crippen LogP contribution in [0.3, 0.4) is 0 Å². The monoisotopic (exact) mass is 364 g/mol. The number of rotatable bonds is 7. The second-order valence-electron chi connectivity index (χ2n) is 6.82. The number of hydrogen-bond acceptors (Lipinski definition) is 5. The molecule has 2 N–H and O–H groups in total. The molecule has 2 heterocycles. The van der Waals surface area contributed by atoms with Gasteiger partial charge in [0, 0.05) is 45.8 Å². The summed E-state index contributed by atoms with van der Waals surface area (Å²) in [6.07, 6.45) is 2.85. The molecule has 146 valence electrons. The topological polar surface area (TPSA) is 86.0 Å². The number of aliphatic imine (C=N–C) groups is 1. The molecular weight excluding hydrogens is 332 g/mol. The summed E-state index contributed by atoms with van der Waals surface area (Å²) in [7, 11) is 3.60. The standard InChI is InChI=1S/C18H32N6O2/c1-5-14-11-16(26-22-14)12-20-18(19-6-2)21-15-7-9-24(10-8-15)13-17(25)23(3)4/h11,15H,5-10,12-13H2,1-4H3,(H2,19,20,21). The SMILES string of the molecule is CCNC(=NCc1cc(CC)no1)NC1CCN(CC(=O)N(C)C)CC1. The lowest BCUT2D eigenvalue weighted by atomic mass is 10.1. The van der Waals surface area contributed by atoms with Crippen LogP contribution in [-0.4, -0.2) is 73.1 Å². The number of guanidine groups is 1. The van der Waals surface area contributed by atoms with Crippen molar-refractivity contribution in [1.29, 1.82) is 0 Å². The van der Waals surface area contributed by atoms with Crippen molar-refractivity contribution in [2.75, 3.05) is 40.3 Å². The first-order valence-corrected chi connectivity index (χ1v) is 9.43. The highest BCUT2D eigenvalue weighted by Crippen LogP contribution is 2.11. The van der Waals surface area contributed by atoms with Gasteiger partial charge in [-0.3, -0.25) is 9.69 Å². The van der Waals surface area contributed by atoms with Gasteiger partial charge in [0.25, 0.3) is 0 Å². The van der Waals surface area contributed by atoms with Crippen LogP contribution in [0, 0.1) is 0 Å². The van der Waals surface area contributed by atoms with E-state index in [1.807, 2.05) is 6.07 Å². The average Bonchev–Trinajstić information content (AvgIpc) is 3.09. The maximum atomic E-state index is 11.8. The number of carbonyl (C=O) groups excluding carboxylic acids is 1. The number of likely N-dealkylation sites (N-methyl/N-ethyl adjacent to an activating group) is 1. The third kappa shape index (κ3) is 6.33. The Hall–Kier alpha value is -2.09. The Balaban J connectivity index is 1.82. The zero-order valence-corrected chi connectivity index (χ0v) is 16.4. The Bertz CT molecular complexity index is 590. The van der Waals surface area contributed by atoms with Gasteiger partial charge in [-0.15, -0.1) is 0 Å². The molecule has 0 unspecified atom stereocenters. The molecule has 1 amide bonds. The fourth-order valence-corrected chi connectivity index (χ4v) is 2.84. The summed E-state index contributed by atoms with van der Waals surface area (Å²) in [5.74, 6) is 1.73. The van der Waals surface area contributed by atoms with E-state index in [1.54, 1.807) is 19.0 Å². The number of likely N-dealkylation sites (tertiary alicyclic amines) is 1. The lowest BCUT2D eigenvalue weighted by Gasteiger charge is -2.33. The van der Waals surface area contributed by atoms with Gasteiger partial charge in [0.15, 0.2) is 11.7 Å². The fourth-order valence-electron chi connectivity index (χ4n) is 2.84. The number of piperidine rings is 1. The van der Waals surface area contributed by atoms with Gasteiger partial charge in [0.05, 0.1) is 12.2 Å². The van der Waals surface area contributed by atoms with E-state index in [-0.39, 0.29) is 5.91 Å². The summed E-state index contributed by atoms with van der Waals surface area (Å²) in [5, 5.41) is 10.8. The van der Waals surface area contributed by atoms with Crippen molar-refractivity contribution in [2.24, 2.45) is 4.99 Å². The third-order valence-electron chi connectivity index (χ3n) is 4.49. The zero-order valence-electron chi connectivity index (χ0n) is 16.4. The van der Waals surface area contributed by atoms with Crippen LogP contribution in [0.2, 0.25) is 0 Å².